The summed E-state index contributed by atoms with van der Waals surface area (Å²) in [5.74, 6) is 0.806. The third-order valence-electron chi connectivity index (χ3n) is 3.41. The summed E-state index contributed by atoms with van der Waals surface area (Å²) in [6, 6.07) is 9.94. The molecule has 0 radical (unpaired) electrons. The normalized spacial score (nSPS) is 12.8. The van der Waals surface area contributed by atoms with Gasteiger partial charge in [-0.1, -0.05) is 30.3 Å². The maximum absolute atomic E-state index is 5.99. The van der Waals surface area contributed by atoms with Crippen molar-refractivity contribution in [2.75, 3.05) is 7.11 Å². The second-order valence-electron chi connectivity index (χ2n) is 4.78. The monoisotopic (exact) mass is 302 g/mol. The molecular weight excluding hydrogens is 288 g/mol. The Hall–Kier alpha value is -1.98. The number of nitrogens with zero attached hydrogens (tertiary/aromatic N) is 4. The van der Waals surface area contributed by atoms with Crippen LogP contribution in [0.5, 0.6) is 0 Å². The number of hydrogen-bond acceptors (Lipinski definition) is 4. The molecule has 1 unspecified atom stereocenters. The standard InChI is InChI=1S/C15H15ClN4O/c1-9-12-13(19-15(16)17-9)20(10(2)18-12)14(21-3)11-7-5-4-6-8-11/h4-8,14H,1-3H3. The van der Waals surface area contributed by atoms with Crippen molar-refractivity contribution in [3.8, 4) is 0 Å². The number of halogens is 1. The molecule has 0 aliphatic heterocycles. The molecule has 0 saturated heterocycles. The lowest BCUT2D eigenvalue weighted by atomic mass is 10.2. The van der Waals surface area contributed by atoms with Crippen molar-refractivity contribution in [2.24, 2.45) is 0 Å². The fraction of sp³-hybridized carbons (Fsp3) is 0.267. The molecule has 2 aromatic heterocycles. The van der Waals surface area contributed by atoms with Crippen LogP contribution in [0, 0.1) is 13.8 Å². The van der Waals surface area contributed by atoms with Crippen LogP contribution in [0.15, 0.2) is 30.3 Å². The molecule has 108 valence electrons. The van der Waals surface area contributed by atoms with E-state index in [0.717, 1.165) is 22.6 Å². The van der Waals surface area contributed by atoms with E-state index in [1.807, 2.05) is 48.7 Å². The predicted octanol–water partition coefficient (Wildman–Crippen LogP) is 3.29. The van der Waals surface area contributed by atoms with Gasteiger partial charge in [-0.05, 0) is 25.4 Å². The van der Waals surface area contributed by atoms with Gasteiger partial charge in [0.1, 0.15) is 11.3 Å². The summed E-state index contributed by atoms with van der Waals surface area (Å²) in [5, 5.41) is 0.212. The van der Waals surface area contributed by atoms with E-state index < -0.39 is 0 Å². The van der Waals surface area contributed by atoms with Gasteiger partial charge in [-0.15, -0.1) is 0 Å². The van der Waals surface area contributed by atoms with E-state index in [2.05, 4.69) is 15.0 Å². The van der Waals surface area contributed by atoms with E-state index in [4.69, 9.17) is 16.3 Å². The number of fused-ring (bicyclic) bond motifs is 1. The molecule has 2 heterocycles. The van der Waals surface area contributed by atoms with Crippen LogP contribution in [0.4, 0.5) is 0 Å². The summed E-state index contributed by atoms with van der Waals surface area (Å²) in [6.45, 7) is 3.79. The Morgan fingerprint density at radius 1 is 1.10 bits per heavy atom. The first-order valence-corrected chi connectivity index (χ1v) is 6.96. The average Bonchev–Trinajstić information content (AvgIpc) is 2.79. The first kappa shape index (κ1) is 14.0. The number of hydrogen-bond donors (Lipinski definition) is 0. The van der Waals surface area contributed by atoms with Crippen molar-refractivity contribution in [3.63, 3.8) is 0 Å². The zero-order chi connectivity index (χ0) is 15.0. The molecule has 0 amide bonds. The van der Waals surface area contributed by atoms with E-state index >= 15 is 0 Å². The third-order valence-corrected chi connectivity index (χ3v) is 3.57. The van der Waals surface area contributed by atoms with Gasteiger partial charge < -0.3 is 4.74 Å². The average molecular weight is 303 g/mol. The van der Waals surface area contributed by atoms with Gasteiger partial charge in [-0.3, -0.25) is 4.57 Å². The molecule has 1 aromatic carbocycles. The van der Waals surface area contributed by atoms with Crippen LogP contribution in [0.25, 0.3) is 11.2 Å². The SMILES string of the molecule is COC(c1ccccc1)n1c(C)nc2c(C)nc(Cl)nc21. The van der Waals surface area contributed by atoms with Gasteiger partial charge in [0.2, 0.25) is 5.28 Å². The van der Waals surface area contributed by atoms with Crippen molar-refractivity contribution in [2.45, 2.75) is 20.1 Å². The fourth-order valence-corrected chi connectivity index (χ4v) is 2.68. The maximum Gasteiger partial charge on any atom is 0.224 e. The van der Waals surface area contributed by atoms with Crippen LogP contribution in [0.1, 0.15) is 23.3 Å². The third kappa shape index (κ3) is 2.39. The molecule has 6 heteroatoms. The molecule has 3 rings (SSSR count). The van der Waals surface area contributed by atoms with E-state index in [1.165, 1.54) is 0 Å². The lowest BCUT2D eigenvalue weighted by Crippen LogP contribution is -2.14. The Morgan fingerprint density at radius 2 is 1.81 bits per heavy atom. The molecule has 0 N–H and O–H groups in total. The van der Waals surface area contributed by atoms with Gasteiger partial charge in [0.05, 0.1) is 5.69 Å². The summed E-state index contributed by atoms with van der Waals surface area (Å²) < 4.78 is 7.60. The number of imidazole rings is 1. The zero-order valence-corrected chi connectivity index (χ0v) is 12.8. The lowest BCUT2D eigenvalue weighted by Gasteiger charge is -2.19. The summed E-state index contributed by atoms with van der Waals surface area (Å²) in [7, 11) is 1.67. The first-order valence-electron chi connectivity index (χ1n) is 6.58. The van der Waals surface area contributed by atoms with E-state index in [-0.39, 0.29) is 11.5 Å². The van der Waals surface area contributed by atoms with Crippen LogP contribution in [0.2, 0.25) is 5.28 Å². The van der Waals surface area contributed by atoms with Crippen molar-refractivity contribution < 1.29 is 4.74 Å². The zero-order valence-electron chi connectivity index (χ0n) is 12.0. The molecule has 0 aliphatic carbocycles. The van der Waals surface area contributed by atoms with Gasteiger partial charge in [-0.25, -0.2) is 9.97 Å². The van der Waals surface area contributed by atoms with Gasteiger partial charge in [0.25, 0.3) is 0 Å². The largest absolute Gasteiger partial charge is 0.357 e. The van der Waals surface area contributed by atoms with Crippen molar-refractivity contribution >= 4 is 22.8 Å². The summed E-state index contributed by atoms with van der Waals surface area (Å²) in [4.78, 5) is 13.0. The molecule has 0 bridgehead atoms. The minimum absolute atomic E-state index is 0.212. The molecule has 0 fully saturated rings. The summed E-state index contributed by atoms with van der Waals surface area (Å²) in [5.41, 5.74) is 3.21. The van der Waals surface area contributed by atoms with E-state index in [0.29, 0.717) is 5.65 Å². The van der Waals surface area contributed by atoms with Crippen molar-refractivity contribution in [1.29, 1.82) is 0 Å². The molecule has 1 atom stereocenters. The molecular formula is C15H15ClN4O. The predicted molar refractivity (Wildman–Crippen MR) is 81.4 cm³/mol. The van der Waals surface area contributed by atoms with E-state index in [1.54, 1.807) is 7.11 Å². The number of aryl methyl sites for hydroxylation is 2. The second kappa shape index (κ2) is 5.42. The Bertz CT molecular complexity index is 785. The smallest absolute Gasteiger partial charge is 0.224 e. The highest BCUT2D eigenvalue weighted by Gasteiger charge is 2.21. The van der Waals surface area contributed by atoms with Crippen LogP contribution in [0.3, 0.4) is 0 Å². The second-order valence-corrected chi connectivity index (χ2v) is 5.12. The Kier molecular flexibility index (Phi) is 3.61. The Balaban J connectivity index is 2.26. The van der Waals surface area contributed by atoms with Gasteiger partial charge >= 0.3 is 0 Å². The van der Waals surface area contributed by atoms with Crippen LogP contribution < -0.4 is 0 Å². The summed E-state index contributed by atoms with van der Waals surface area (Å²) >= 11 is 5.99. The Morgan fingerprint density at radius 3 is 2.48 bits per heavy atom. The van der Waals surface area contributed by atoms with E-state index in [9.17, 15) is 0 Å². The highest BCUT2D eigenvalue weighted by atomic mass is 35.5. The van der Waals surface area contributed by atoms with Crippen molar-refractivity contribution in [1.82, 2.24) is 19.5 Å². The molecule has 3 aromatic rings. The highest BCUT2D eigenvalue weighted by Crippen LogP contribution is 2.27. The Labute approximate surface area is 127 Å². The number of ether oxygens (including phenoxy) is 1. The van der Waals surface area contributed by atoms with Crippen molar-refractivity contribution in [3.05, 3.63) is 52.7 Å². The minimum Gasteiger partial charge on any atom is -0.357 e. The lowest BCUT2D eigenvalue weighted by molar-refractivity contribution is 0.0797. The quantitative estimate of drug-likeness (QED) is 0.697. The molecule has 0 spiro atoms. The van der Waals surface area contributed by atoms with Gasteiger partial charge in [0, 0.05) is 12.7 Å². The minimum atomic E-state index is -0.304. The molecule has 0 aliphatic rings. The van der Waals surface area contributed by atoms with Gasteiger partial charge in [0.15, 0.2) is 11.9 Å². The fourth-order valence-electron chi connectivity index (χ4n) is 2.48. The number of aromatic nitrogens is 4. The number of benzene rings is 1. The molecule has 0 saturated carbocycles. The van der Waals surface area contributed by atoms with Crippen LogP contribution >= 0.6 is 11.6 Å². The van der Waals surface area contributed by atoms with Crippen LogP contribution in [-0.4, -0.2) is 26.6 Å². The maximum atomic E-state index is 5.99. The number of methoxy groups -OCH3 is 1. The van der Waals surface area contributed by atoms with Gasteiger partial charge in [-0.2, -0.15) is 4.98 Å². The number of rotatable bonds is 3. The molecule has 21 heavy (non-hydrogen) atoms. The first-order chi connectivity index (χ1) is 10.1. The summed E-state index contributed by atoms with van der Waals surface area (Å²) in [6.07, 6.45) is -0.304. The molecule has 5 nitrogen and oxygen atoms in total. The highest BCUT2D eigenvalue weighted by molar-refractivity contribution is 6.28. The topological polar surface area (TPSA) is 52.8 Å². The van der Waals surface area contributed by atoms with Crippen LogP contribution in [-0.2, 0) is 4.74 Å².